The molecule has 0 aliphatic carbocycles. The average Bonchev–Trinajstić information content (AvgIpc) is 2.73. The number of oxazole rings is 1. The highest BCUT2D eigenvalue weighted by atomic mass is 32.2. The fraction of sp³-hybridized carbons (Fsp3) is 0.462. The Balaban J connectivity index is 0.000000861. The highest BCUT2D eigenvalue weighted by molar-refractivity contribution is 7.86. The van der Waals surface area contributed by atoms with E-state index in [0.29, 0.717) is 11.4 Å². The second kappa shape index (κ2) is 5.30. The van der Waals surface area contributed by atoms with Crippen LogP contribution in [0.3, 0.4) is 0 Å². The summed E-state index contributed by atoms with van der Waals surface area (Å²) in [5.74, 6) is 0.434. The molecule has 2 rings (SSSR count). The summed E-state index contributed by atoms with van der Waals surface area (Å²) in [7, 11) is -4.30. The van der Waals surface area contributed by atoms with E-state index >= 15 is 0 Å². The van der Waals surface area contributed by atoms with E-state index in [1.807, 2.05) is 34.6 Å². The Morgan fingerprint density at radius 3 is 2.26 bits per heavy atom. The second-order valence-electron chi connectivity index (χ2n) is 4.85. The van der Waals surface area contributed by atoms with Crippen LogP contribution in [0.2, 0.25) is 0 Å². The number of fused-ring (bicyclic) bond motifs is 1. The molecule has 0 aliphatic rings. The lowest BCUT2D eigenvalue weighted by Crippen LogP contribution is -2.10. The lowest BCUT2D eigenvalue weighted by Gasteiger charge is -2.11. The summed E-state index contributed by atoms with van der Waals surface area (Å²) in [6.45, 7) is 9.72. The molecular weight excluding hydrogens is 266 g/mol. The molecule has 0 spiro atoms. The molecule has 19 heavy (non-hydrogen) atoms. The van der Waals surface area contributed by atoms with E-state index in [1.54, 1.807) is 6.07 Å². The summed E-state index contributed by atoms with van der Waals surface area (Å²) in [6.07, 6.45) is 0. The smallest absolute Gasteiger partial charge is 0.298 e. The number of rotatable bonds is 1. The van der Waals surface area contributed by atoms with Crippen LogP contribution in [0.15, 0.2) is 27.5 Å². The van der Waals surface area contributed by atoms with Gasteiger partial charge in [-0.2, -0.15) is 8.42 Å². The Hall–Kier alpha value is -1.40. The molecule has 1 aromatic heterocycles. The van der Waals surface area contributed by atoms with Crippen molar-refractivity contribution < 1.29 is 17.4 Å². The first-order valence-corrected chi connectivity index (χ1v) is 7.51. The van der Waals surface area contributed by atoms with Crippen LogP contribution >= 0.6 is 0 Å². The third-order valence-corrected chi connectivity index (χ3v) is 3.18. The minimum atomic E-state index is -4.30. The maximum atomic E-state index is 11.2. The van der Waals surface area contributed by atoms with Gasteiger partial charge in [0.25, 0.3) is 10.1 Å². The van der Waals surface area contributed by atoms with Gasteiger partial charge in [-0.25, -0.2) is 4.98 Å². The summed E-state index contributed by atoms with van der Waals surface area (Å²) >= 11 is 0. The van der Waals surface area contributed by atoms with Crippen molar-refractivity contribution in [2.75, 3.05) is 0 Å². The van der Waals surface area contributed by atoms with Crippen LogP contribution in [0.25, 0.3) is 11.1 Å². The second-order valence-corrected chi connectivity index (χ2v) is 6.24. The Labute approximate surface area is 113 Å². The van der Waals surface area contributed by atoms with Gasteiger partial charge in [0.2, 0.25) is 5.89 Å². The maximum absolute atomic E-state index is 11.2. The van der Waals surface area contributed by atoms with Gasteiger partial charge < -0.3 is 4.42 Å². The van der Waals surface area contributed by atoms with Crippen molar-refractivity contribution in [1.82, 2.24) is 4.98 Å². The molecule has 0 unspecified atom stereocenters. The quantitative estimate of drug-likeness (QED) is 0.812. The fourth-order valence-electron chi connectivity index (χ4n) is 1.45. The molecule has 0 radical (unpaired) electrons. The number of hydrogen-bond acceptors (Lipinski definition) is 4. The van der Waals surface area contributed by atoms with Crippen LogP contribution in [-0.4, -0.2) is 18.0 Å². The van der Waals surface area contributed by atoms with Gasteiger partial charge >= 0.3 is 0 Å². The first-order chi connectivity index (χ1) is 8.69. The molecule has 1 aromatic carbocycles. The Kier molecular flexibility index (Phi) is 4.37. The third-order valence-electron chi connectivity index (χ3n) is 2.30. The zero-order valence-corrected chi connectivity index (χ0v) is 12.6. The minimum absolute atomic E-state index is 0.0972. The molecule has 106 valence electrons. The zero-order chi connectivity index (χ0) is 14.8. The first-order valence-electron chi connectivity index (χ1n) is 6.07. The van der Waals surface area contributed by atoms with Gasteiger partial charge in [-0.3, -0.25) is 4.55 Å². The molecule has 0 amide bonds. The van der Waals surface area contributed by atoms with Crippen LogP contribution in [0.4, 0.5) is 0 Å². The molecule has 0 atom stereocenters. The van der Waals surface area contributed by atoms with Crippen LogP contribution in [0.1, 0.15) is 40.5 Å². The number of hydrogen-bond donors (Lipinski definition) is 1. The average molecular weight is 285 g/mol. The largest absolute Gasteiger partial charge is 0.439 e. The highest BCUT2D eigenvalue weighted by Crippen LogP contribution is 2.29. The van der Waals surface area contributed by atoms with E-state index in [-0.39, 0.29) is 15.9 Å². The summed E-state index contributed by atoms with van der Waals surface area (Å²) < 4.78 is 36.9. The molecule has 1 heterocycles. The Bertz CT molecular complexity index is 665. The summed E-state index contributed by atoms with van der Waals surface area (Å²) in [4.78, 5) is 3.96. The lowest BCUT2D eigenvalue weighted by molar-refractivity contribution is 0.407. The number of aromatic nitrogens is 1. The topological polar surface area (TPSA) is 80.4 Å². The maximum Gasteiger partial charge on any atom is 0.298 e. The van der Waals surface area contributed by atoms with Gasteiger partial charge in [-0.1, -0.05) is 40.7 Å². The molecule has 0 saturated carbocycles. The monoisotopic (exact) mass is 285 g/mol. The van der Waals surface area contributed by atoms with Crippen LogP contribution in [-0.2, 0) is 15.5 Å². The lowest BCUT2D eigenvalue weighted by atomic mass is 9.97. The van der Waals surface area contributed by atoms with Gasteiger partial charge in [0.1, 0.15) is 10.4 Å². The van der Waals surface area contributed by atoms with E-state index in [2.05, 4.69) is 4.98 Å². The van der Waals surface area contributed by atoms with Crippen molar-refractivity contribution in [3.05, 3.63) is 24.1 Å². The molecular formula is C13H19NO4S. The summed E-state index contributed by atoms with van der Waals surface area (Å²) in [6, 6.07) is 4.44. The molecule has 0 aliphatic heterocycles. The van der Waals surface area contributed by atoms with Crippen molar-refractivity contribution in [3.8, 4) is 0 Å². The van der Waals surface area contributed by atoms with Crippen LogP contribution in [0, 0.1) is 0 Å². The third kappa shape index (κ3) is 3.33. The van der Waals surface area contributed by atoms with Gasteiger partial charge in [0, 0.05) is 5.41 Å². The predicted octanol–water partition coefficient (Wildman–Crippen LogP) is 3.40. The number of benzene rings is 1. The standard InChI is InChI=1S/C11H13NO4S.C2H6/c1-11(2,3)10-12-7-5-4-6-8(9(7)16-10)17(13,14)15;1-2/h4-6H,1-3H3,(H,13,14,15);1-2H3. The van der Waals surface area contributed by atoms with Crippen molar-refractivity contribution in [1.29, 1.82) is 0 Å². The summed E-state index contributed by atoms with van der Waals surface area (Å²) in [5, 5.41) is 0. The van der Waals surface area contributed by atoms with Gasteiger partial charge in [-0.15, -0.1) is 0 Å². The van der Waals surface area contributed by atoms with Gasteiger partial charge in [0.05, 0.1) is 0 Å². The predicted molar refractivity (Wildman–Crippen MR) is 73.9 cm³/mol. The first kappa shape index (κ1) is 15.7. The molecule has 1 N–H and O–H groups in total. The molecule has 6 heteroatoms. The van der Waals surface area contributed by atoms with Crippen molar-refractivity contribution >= 4 is 21.2 Å². The van der Waals surface area contributed by atoms with Crippen molar-refractivity contribution in [2.45, 2.75) is 44.9 Å². The fourth-order valence-corrected chi connectivity index (χ4v) is 2.08. The van der Waals surface area contributed by atoms with E-state index in [9.17, 15) is 8.42 Å². The minimum Gasteiger partial charge on any atom is -0.439 e. The van der Waals surface area contributed by atoms with Crippen molar-refractivity contribution in [3.63, 3.8) is 0 Å². The van der Waals surface area contributed by atoms with Gasteiger partial charge in [0.15, 0.2) is 5.58 Å². The van der Waals surface area contributed by atoms with Crippen LogP contribution < -0.4 is 0 Å². The SMILES string of the molecule is CC.CC(C)(C)c1nc2cccc(S(=O)(=O)O)c2o1. The zero-order valence-electron chi connectivity index (χ0n) is 11.8. The molecule has 0 bridgehead atoms. The van der Waals surface area contributed by atoms with Gasteiger partial charge in [-0.05, 0) is 12.1 Å². The molecule has 0 fully saturated rings. The molecule has 2 aromatic rings. The molecule has 5 nitrogen and oxygen atoms in total. The van der Waals surface area contributed by atoms with Crippen molar-refractivity contribution in [2.24, 2.45) is 0 Å². The van der Waals surface area contributed by atoms with E-state index < -0.39 is 10.1 Å². The Morgan fingerprint density at radius 2 is 1.79 bits per heavy atom. The number of para-hydroxylation sites is 1. The highest BCUT2D eigenvalue weighted by Gasteiger charge is 2.24. The van der Waals surface area contributed by atoms with E-state index in [4.69, 9.17) is 8.97 Å². The van der Waals surface area contributed by atoms with E-state index in [0.717, 1.165) is 0 Å². The Morgan fingerprint density at radius 1 is 1.21 bits per heavy atom. The van der Waals surface area contributed by atoms with E-state index in [1.165, 1.54) is 12.1 Å². The van der Waals surface area contributed by atoms with Crippen LogP contribution in [0.5, 0.6) is 0 Å². The summed E-state index contributed by atoms with van der Waals surface area (Å²) in [5.41, 5.74) is 0.195. The molecule has 0 saturated heterocycles. The normalized spacial score (nSPS) is 12.1. The number of nitrogens with zero attached hydrogens (tertiary/aromatic N) is 1.